The molecule has 2 heterocycles. The van der Waals surface area contributed by atoms with Crippen molar-refractivity contribution < 1.29 is 9.18 Å². The fraction of sp³-hybridized carbons (Fsp3) is 0.222. The Labute approximate surface area is 138 Å². The summed E-state index contributed by atoms with van der Waals surface area (Å²) in [5.41, 5.74) is 2.03. The van der Waals surface area contributed by atoms with Crippen LogP contribution in [0.2, 0.25) is 0 Å². The molecule has 0 spiro atoms. The number of urea groups is 1. The Morgan fingerprint density at radius 3 is 2.83 bits per heavy atom. The fourth-order valence-electron chi connectivity index (χ4n) is 3.17. The van der Waals surface area contributed by atoms with Gasteiger partial charge in [0.1, 0.15) is 11.6 Å². The molecule has 0 bridgehead atoms. The number of amides is 2. The summed E-state index contributed by atoms with van der Waals surface area (Å²) in [7, 11) is 0. The average molecular weight is 324 g/mol. The van der Waals surface area contributed by atoms with Crippen LogP contribution in [0.1, 0.15) is 24.7 Å². The van der Waals surface area contributed by atoms with Crippen LogP contribution in [0.15, 0.2) is 48.5 Å². The first-order valence-corrected chi connectivity index (χ1v) is 7.99. The highest BCUT2D eigenvalue weighted by Gasteiger charge is 2.32. The van der Waals surface area contributed by atoms with Crippen LogP contribution in [-0.2, 0) is 0 Å². The number of para-hydroxylation sites is 3. The molecule has 0 radical (unpaired) electrons. The number of likely N-dealkylation sites (tertiary alicyclic amines) is 1. The number of halogens is 1. The minimum absolute atomic E-state index is 0.121. The Balaban J connectivity index is 1.58. The molecule has 5 nitrogen and oxygen atoms in total. The molecule has 3 aromatic rings. The lowest BCUT2D eigenvalue weighted by molar-refractivity contribution is 0.205. The molecule has 2 amide bonds. The number of rotatable bonds is 2. The van der Waals surface area contributed by atoms with Gasteiger partial charge in [-0.2, -0.15) is 0 Å². The molecule has 122 valence electrons. The fourth-order valence-corrected chi connectivity index (χ4v) is 3.17. The van der Waals surface area contributed by atoms with E-state index in [9.17, 15) is 9.18 Å². The Morgan fingerprint density at radius 2 is 2.00 bits per heavy atom. The Kier molecular flexibility index (Phi) is 3.65. The van der Waals surface area contributed by atoms with Crippen LogP contribution >= 0.6 is 0 Å². The van der Waals surface area contributed by atoms with Gasteiger partial charge in [0.2, 0.25) is 0 Å². The minimum atomic E-state index is -0.440. The first-order chi connectivity index (χ1) is 11.7. The van der Waals surface area contributed by atoms with Gasteiger partial charge in [0.15, 0.2) is 0 Å². The van der Waals surface area contributed by atoms with E-state index in [0.717, 1.165) is 29.7 Å². The van der Waals surface area contributed by atoms with Crippen molar-refractivity contribution >= 4 is 22.8 Å². The number of H-pyrrole nitrogens is 1. The number of fused-ring (bicyclic) bond motifs is 1. The summed E-state index contributed by atoms with van der Waals surface area (Å²) in [6.07, 6.45) is 1.73. The highest BCUT2D eigenvalue weighted by atomic mass is 19.1. The molecular weight excluding hydrogens is 307 g/mol. The zero-order valence-corrected chi connectivity index (χ0v) is 13.0. The lowest BCUT2D eigenvalue weighted by Gasteiger charge is -2.23. The zero-order valence-electron chi connectivity index (χ0n) is 13.0. The van der Waals surface area contributed by atoms with Crippen LogP contribution < -0.4 is 5.32 Å². The van der Waals surface area contributed by atoms with Gasteiger partial charge in [-0.15, -0.1) is 0 Å². The molecule has 0 aliphatic carbocycles. The molecule has 4 rings (SSSR count). The number of aromatic amines is 1. The van der Waals surface area contributed by atoms with Gasteiger partial charge in [0, 0.05) is 6.54 Å². The van der Waals surface area contributed by atoms with E-state index >= 15 is 0 Å². The topological polar surface area (TPSA) is 61.0 Å². The van der Waals surface area contributed by atoms with Crippen molar-refractivity contribution in [3.05, 3.63) is 60.2 Å². The second kappa shape index (κ2) is 5.96. The Morgan fingerprint density at radius 1 is 1.21 bits per heavy atom. The predicted octanol–water partition coefficient (Wildman–Crippen LogP) is 4.07. The molecule has 0 unspecified atom stereocenters. The van der Waals surface area contributed by atoms with Crippen molar-refractivity contribution in [1.29, 1.82) is 0 Å². The second-order valence-electron chi connectivity index (χ2n) is 5.90. The molecule has 2 aromatic carbocycles. The maximum absolute atomic E-state index is 13.7. The summed E-state index contributed by atoms with van der Waals surface area (Å²) in [4.78, 5) is 22.2. The van der Waals surface area contributed by atoms with Gasteiger partial charge in [0.25, 0.3) is 0 Å². The first-order valence-electron chi connectivity index (χ1n) is 7.99. The van der Waals surface area contributed by atoms with Gasteiger partial charge in [-0.1, -0.05) is 24.3 Å². The largest absolute Gasteiger partial charge is 0.340 e. The van der Waals surface area contributed by atoms with Crippen LogP contribution in [0.3, 0.4) is 0 Å². The SMILES string of the molecule is O=C(Nc1ccccc1F)N1CCC[C@@H]1c1nc2ccccc2[nH]1. The van der Waals surface area contributed by atoms with E-state index < -0.39 is 5.82 Å². The second-order valence-corrected chi connectivity index (χ2v) is 5.90. The summed E-state index contributed by atoms with van der Waals surface area (Å²) in [5.74, 6) is 0.336. The third kappa shape index (κ3) is 2.60. The Hall–Kier alpha value is -2.89. The van der Waals surface area contributed by atoms with E-state index in [1.54, 1.807) is 23.1 Å². The van der Waals surface area contributed by atoms with Gasteiger partial charge in [0.05, 0.1) is 22.8 Å². The van der Waals surface area contributed by atoms with Gasteiger partial charge in [-0.3, -0.25) is 0 Å². The average Bonchev–Trinajstić information content (AvgIpc) is 3.23. The molecule has 1 aromatic heterocycles. The minimum Gasteiger partial charge on any atom is -0.340 e. The zero-order chi connectivity index (χ0) is 16.5. The summed E-state index contributed by atoms with van der Waals surface area (Å²) >= 11 is 0. The van der Waals surface area contributed by atoms with Gasteiger partial charge in [-0.05, 0) is 37.1 Å². The summed E-state index contributed by atoms with van der Waals surface area (Å²) in [6, 6.07) is 13.5. The molecule has 24 heavy (non-hydrogen) atoms. The number of benzene rings is 2. The van der Waals surface area contributed by atoms with Crippen molar-refractivity contribution in [2.45, 2.75) is 18.9 Å². The lowest BCUT2D eigenvalue weighted by Crippen LogP contribution is -2.35. The number of hydrogen-bond acceptors (Lipinski definition) is 2. The number of carbonyl (C=O) groups is 1. The molecule has 1 atom stereocenters. The quantitative estimate of drug-likeness (QED) is 0.746. The maximum atomic E-state index is 13.7. The van der Waals surface area contributed by atoms with E-state index in [1.165, 1.54) is 6.07 Å². The summed E-state index contributed by atoms with van der Waals surface area (Å²) in [6.45, 7) is 0.627. The van der Waals surface area contributed by atoms with E-state index in [4.69, 9.17) is 0 Å². The summed E-state index contributed by atoms with van der Waals surface area (Å²) < 4.78 is 13.7. The molecule has 1 saturated heterocycles. The number of anilines is 1. The number of hydrogen-bond donors (Lipinski definition) is 2. The smallest absolute Gasteiger partial charge is 0.322 e. The van der Waals surface area contributed by atoms with Gasteiger partial charge < -0.3 is 15.2 Å². The number of carbonyl (C=O) groups excluding carboxylic acids is 1. The molecular formula is C18H17FN4O. The first kappa shape index (κ1) is 14.7. The molecule has 0 saturated carbocycles. The lowest BCUT2D eigenvalue weighted by atomic mass is 10.2. The van der Waals surface area contributed by atoms with Crippen LogP contribution in [0.4, 0.5) is 14.9 Å². The third-order valence-electron chi connectivity index (χ3n) is 4.35. The van der Waals surface area contributed by atoms with E-state index in [0.29, 0.717) is 6.54 Å². The maximum Gasteiger partial charge on any atom is 0.322 e. The van der Waals surface area contributed by atoms with Crippen LogP contribution in [0.25, 0.3) is 11.0 Å². The van der Waals surface area contributed by atoms with Crippen molar-refractivity contribution in [3.63, 3.8) is 0 Å². The third-order valence-corrected chi connectivity index (χ3v) is 4.35. The molecule has 1 aliphatic rings. The van der Waals surface area contributed by atoms with Crippen molar-refractivity contribution in [3.8, 4) is 0 Å². The van der Waals surface area contributed by atoms with E-state index in [-0.39, 0.29) is 17.8 Å². The highest BCUT2D eigenvalue weighted by molar-refractivity contribution is 5.90. The molecule has 2 N–H and O–H groups in total. The van der Waals surface area contributed by atoms with Crippen molar-refractivity contribution in [2.24, 2.45) is 0 Å². The Bertz CT molecular complexity index is 858. The van der Waals surface area contributed by atoms with Crippen molar-refractivity contribution in [2.75, 3.05) is 11.9 Å². The summed E-state index contributed by atoms with van der Waals surface area (Å²) in [5, 5.41) is 2.66. The van der Waals surface area contributed by atoms with Gasteiger partial charge in [-0.25, -0.2) is 14.2 Å². The molecule has 6 heteroatoms. The van der Waals surface area contributed by atoms with Crippen LogP contribution in [0, 0.1) is 5.82 Å². The van der Waals surface area contributed by atoms with Gasteiger partial charge >= 0.3 is 6.03 Å². The molecule has 1 fully saturated rings. The van der Waals surface area contributed by atoms with E-state index in [2.05, 4.69) is 15.3 Å². The van der Waals surface area contributed by atoms with E-state index in [1.807, 2.05) is 24.3 Å². The van der Waals surface area contributed by atoms with Crippen LogP contribution in [0.5, 0.6) is 0 Å². The molecule has 1 aliphatic heterocycles. The van der Waals surface area contributed by atoms with Crippen molar-refractivity contribution in [1.82, 2.24) is 14.9 Å². The van der Waals surface area contributed by atoms with Crippen LogP contribution in [-0.4, -0.2) is 27.4 Å². The number of nitrogens with one attached hydrogen (secondary N) is 2. The predicted molar refractivity (Wildman–Crippen MR) is 90.2 cm³/mol. The highest BCUT2D eigenvalue weighted by Crippen LogP contribution is 2.32. The number of aromatic nitrogens is 2. The normalized spacial score (nSPS) is 17.4. The standard InChI is InChI=1S/C18H17FN4O/c19-12-6-1-2-7-13(12)22-18(24)23-11-5-10-16(23)17-20-14-8-3-4-9-15(14)21-17/h1-4,6-9,16H,5,10-11H2,(H,20,21)(H,22,24)/t16-/m1/s1. The number of imidazole rings is 1. The number of nitrogens with zero attached hydrogens (tertiary/aromatic N) is 2. The monoisotopic (exact) mass is 324 g/mol.